The van der Waals surface area contributed by atoms with Gasteiger partial charge in [0.25, 0.3) is 5.91 Å². The SMILES string of the molecule is CNC(=O)c1cccc(C2=CCOCC2)c1. The lowest BCUT2D eigenvalue weighted by atomic mass is 9.99. The minimum Gasteiger partial charge on any atom is -0.377 e. The molecule has 1 heterocycles. The van der Waals surface area contributed by atoms with Crippen molar-refractivity contribution < 1.29 is 9.53 Å². The maximum atomic E-state index is 11.5. The fourth-order valence-electron chi connectivity index (χ4n) is 1.79. The van der Waals surface area contributed by atoms with E-state index < -0.39 is 0 Å². The Morgan fingerprint density at radius 2 is 2.31 bits per heavy atom. The van der Waals surface area contributed by atoms with Crippen molar-refractivity contribution in [2.45, 2.75) is 6.42 Å². The number of hydrogen-bond donors (Lipinski definition) is 1. The van der Waals surface area contributed by atoms with Crippen LogP contribution in [-0.4, -0.2) is 26.2 Å². The Morgan fingerprint density at radius 1 is 1.44 bits per heavy atom. The molecular formula is C13H15NO2. The Kier molecular flexibility index (Phi) is 3.37. The Morgan fingerprint density at radius 3 is 3.00 bits per heavy atom. The van der Waals surface area contributed by atoms with Crippen molar-refractivity contribution in [3.63, 3.8) is 0 Å². The van der Waals surface area contributed by atoms with Crippen molar-refractivity contribution in [1.82, 2.24) is 5.32 Å². The van der Waals surface area contributed by atoms with Gasteiger partial charge >= 0.3 is 0 Å². The number of amides is 1. The Balaban J connectivity index is 2.28. The summed E-state index contributed by atoms with van der Waals surface area (Å²) in [5, 5.41) is 2.63. The first kappa shape index (κ1) is 10.9. The topological polar surface area (TPSA) is 38.3 Å². The summed E-state index contributed by atoms with van der Waals surface area (Å²) in [6.45, 7) is 1.43. The largest absolute Gasteiger partial charge is 0.377 e. The van der Waals surface area contributed by atoms with E-state index >= 15 is 0 Å². The van der Waals surface area contributed by atoms with Gasteiger partial charge in [0, 0.05) is 12.6 Å². The summed E-state index contributed by atoms with van der Waals surface area (Å²) in [5.41, 5.74) is 3.08. The van der Waals surface area contributed by atoms with E-state index in [0.717, 1.165) is 18.6 Å². The van der Waals surface area contributed by atoms with Gasteiger partial charge < -0.3 is 10.1 Å². The van der Waals surface area contributed by atoms with Crippen molar-refractivity contribution in [2.75, 3.05) is 20.3 Å². The molecule has 0 saturated carbocycles. The monoisotopic (exact) mass is 217 g/mol. The number of carbonyl (C=O) groups excluding carboxylic acids is 1. The van der Waals surface area contributed by atoms with Gasteiger partial charge in [-0.1, -0.05) is 18.2 Å². The maximum absolute atomic E-state index is 11.5. The average molecular weight is 217 g/mol. The second kappa shape index (κ2) is 4.94. The average Bonchev–Trinajstić information content (AvgIpc) is 2.39. The molecule has 0 saturated heterocycles. The third-order valence-electron chi connectivity index (χ3n) is 2.69. The molecule has 0 radical (unpaired) electrons. The summed E-state index contributed by atoms with van der Waals surface area (Å²) < 4.78 is 5.26. The molecule has 0 aliphatic carbocycles. The molecule has 0 unspecified atom stereocenters. The normalized spacial score (nSPS) is 15.4. The summed E-state index contributed by atoms with van der Waals surface area (Å²) in [4.78, 5) is 11.5. The van der Waals surface area contributed by atoms with E-state index in [9.17, 15) is 4.79 Å². The van der Waals surface area contributed by atoms with Gasteiger partial charge in [-0.15, -0.1) is 0 Å². The second-order valence-corrected chi connectivity index (χ2v) is 3.71. The number of benzene rings is 1. The predicted octanol–water partition coefficient (Wildman–Crippen LogP) is 1.85. The molecular weight excluding hydrogens is 202 g/mol. The van der Waals surface area contributed by atoms with E-state index in [1.165, 1.54) is 5.57 Å². The summed E-state index contributed by atoms with van der Waals surface area (Å²) in [7, 11) is 1.64. The Hall–Kier alpha value is -1.61. The van der Waals surface area contributed by atoms with Crippen LogP contribution in [0.1, 0.15) is 22.3 Å². The highest BCUT2D eigenvalue weighted by molar-refractivity contribution is 5.94. The van der Waals surface area contributed by atoms with Crippen molar-refractivity contribution in [3.8, 4) is 0 Å². The van der Waals surface area contributed by atoms with Gasteiger partial charge in [-0.3, -0.25) is 4.79 Å². The van der Waals surface area contributed by atoms with Gasteiger partial charge in [0.2, 0.25) is 0 Å². The molecule has 0 aromatic heterocycles. The molecule has 1 N–H and O–H groups in total. The number of ether oxygens (including phenoxy) is 1. The predicted molar refractivity (Wildman–Crippen MR) is 63.2 cm³/mol. The first-order chi connectivity index (χ1) is 7.81. The Labute approximate surface area is 95.1 Å². The molecule has 1 aliphatic rings. The number of hydrogen-bond acceptors (Lipinski definition) is 2. The minimum absolute atomic E-state index is 0.0468. The molecule has 3 heteroatoms. The zero-order chi connectivity index (χ0) is 11.4. The van der Waals surface area contributed by atoms with Crippen LogP contribution in [0.2, 0.25) is 0 Å². The van der Waals surface area contributed by atoms with Gasteiger partial charge in [-0.25, -0.2) is 0 Å². The molecule has 0 atom stereocenters. The fourth-order valence-corrected chi connectivity index (χ4v) is 1.79. The molecule has 1 aliphatic heterocycles. The summed E-state index contributed by atoms with van der Waals surface area (Å²) in [6.07, 6.45) is 2.99. The first-order valence-corrected chi connectivity index (χ1v) is 5.40. The third-order valence-corrected chi connectivity index (χ3v) is 2.69. The summed E-state index contributed by atoms with van der Waals surface area (Å²) in [6, 6.07) is 7.69. The molecule has 0 bridgehead atoms. The van der Waals surface area contributed by atoms with Crippen LogP contribution in [0.4, 0.5) is 0 Å². The molecule has 0 fully saturated rings. The molecule has 1 aromatic carbocycles. The van der Waals surface area contributed by atoms with Gasteiger partial charge in [-0.2, -0.15) is 0 Å². The highest BCUT2D eigenvalue weighted by Gasteiger charge is 2.09. The second-order valence-electron chi connectivity index (χ2n) is 3.71. The lowest BCUT2D eigenvalue weighted by Crippen LogP contribution is -2.17. The quantitative estimate of drug-likeness (QED) is 0.821. The lowest BCUT2D eigenvalue weighted by Gasteiger charge is -2.14. The van der Waals surface area contributed by atoms with Crippen LogP contribution >= 0.6 is 0 Å². The van der Waals surface area contributed by atoms with Crippen LogP contribution in [0, 0.1) is 0 Å². The van der Waals surface area contributed by atoms with E-state index in [-0.39, 0.29) is 5.91 Å². The van der Waals surface area contributed by atoms with Crippen molar-refractivity contribution in [1.29, 1.82) is 0 Å². The van der Waals surface area contributed by atoms with E-state index in [1.807, 2.05) is 24.3 Å². The van der Waals surface area contributed by atoms with Crippen molar-refractivity contribution in [3.05, 3.63) is 41.5 Å². The third kappa shape index (κ3) is 2.31. The number of nitrogens with one attached hydrogen (secondary N) is 1. The molecule has 16 heavy (non-hydrogen) atoms. The lowest BCUT2D eigenvalue weighted by molar-refractivity contribution is 0.0963. The van der Waals surface area contributed by atoms with Crippen LogP contribution in [0.15, 0.2) is 30.3 Å². The summed E-state index contributed by atoms with van der Waals surface area (Å²) in [5.74, 6) is -0.0468. The van der Waals surface area contributed by atoms with E-state index in [2.05, 4.69) is 11.4 Å². The molecule has 3 nitrogen and oxygen atoms in total. The highest BCUT2D eigenvalue weighted by atomic mass is 16.5. The van der Waals surface area contributed by atoms with Crippen LogP contribution in [0.5, 0.6) is 0 Å². The zero-order valence-electron chi connectivity index (χ0n) is 9.32. The minimum atomic E-state index is -0.0468. The smallest absolute Gasteiger partial charge is 0.251 e. The number of carbonyl (C=O) groups is 1. The molecule has 84 valence electrons. The zero-order valence-corrected chi connectivity index (χ0v) is 9.32. The van der Waals surface area contributed by atoms with Crippen LogP contribution in [0.25, 0.3) is 5.57 Å². The molecule has 0 spiro atoms. The van der Waals surface area contributed by atoms with Crippen molar-refractivity contribution in [2.24, 2.45) is 0 Å². The summed E-state index contributed by atoms with van der Waals surface area (Å²) >= 11 is 0. The van der Waals surface area contributed by atoms with E-state index in [1.54, 1.807) is 7.05 Å². The standard InChI is InChI=1S/C13H15NO2/c1-14-13(15)12-4-2-3-11(9-12)10-5-7-16-8-6-10/h2-5,9H,6-8H2,1H3,(H,14,15). The maximum Gasteiger partial charge on any atom is 0.251 e. The Bertz CT molecular complexity index is 424. The van der Waals surface area contributed by atoms with Crippen LogP contribution in [-0.2, 0) is 4.74 Å². The van der Waals surface area contributed by atoms with Crippen LogP contribution in [0.3, 0.4) is 0 Å². The molecule has 1 amide bonds. The van der Waals surface area contributed by atoms with E-state index in [4.69, 9.17) is 4.74 Å². The first-order valence-electron chi connectivity index (χ1n) is 5.40. The molecule has 2 rings (SSSR count). The number of rotatable bonds is 2. The van der Waals surface area contributed by atoms with Gasteiger partial charge in [0.05, 0.1) is 13.2 Å². The van der Waals surface area contributed by atoms with Crippen molar-refractivity contribution >= 4 is 11.5 Å². The van der Waals surface area contributed by atoms with Gasteiger partial charge in [0.15, 0.2) is 0 Å². The van der Waals surface area contributed by atoms with Gasteiger partial charge in [-0.05, 0) is 29.7 Å². The molecule has 1 aromatic rings. The highest BCUT2D eigenvalue weighted by Crippen LogP contribution is 2.21. The van der Waals surface area contributed by atoms with Gasteiger partial charge in [0.1, 0.15) is 0 Å². The fraction of sp³-hybridized carbons (Fsp3) is 0.308. The van der Waals surface area contributed by atoms with Crippen LogP contribution < -0.4 is 5.32 Å². The van der Waals surface area contributed by atoms with E-state index in [0.29, 0.717) is 12.2 Å².